The number of benzene rings is 2. The van der Waals surface area contributed by atoms with Gasteiger partial charge in [0, 0.05) is 32.9 Å². The minimum Gasteiger partial charge on any atom is -0.417 e. The van der Waals surface area contributed by atoms with Crippen LogP contribution in [0.25, 0.3) is 0 Å². The molecule has 0 aromatic heterocycles. The predicted molar refractivity (Wildman–Crippen MR) is 196 cm³/mol. The molecular weight excluding hydrogens is 571 g/mol. The summed E-state index contributed by atoms with van der Waals surface area (Å²) in [6.07, 6.45) is 9.46. The van der Waals surface area contributed by atoms with Crippen LogP contribution in [0.4, 0.5) is 0 Å². The Hall–Kier alpha value is -1.50. The molecule has 0 saturated heterocycles. The van der Waals surface area contributed by atoms with Gasteiger partial charge in [-0.3, -0.25) is 0 Å². The van der Waals surface area contributed by atoms with E-state index in [9.17, 15) is 0 Å². The Kier molecular flexibility index (Phi) is 17.6. The molecule has 2 rings (SSSR count). The molecule has 0 amide bonds. The summed E-state index contributed by atoms with van der Waals surface area (Å²) < 4.78 is 18.4. The minimum absolute atomic E-state index is 0.270. The summed E-state index contributed by atoms with van der Waals surface area (Å²) in [7, 11) is -1.68. The van der Waals surface area contributed by atoms with Gasteiger partial charge in [0.1, 0.15) is 0 Å². The number of hydrogen-bond donors (Lipinski definition) is 0. The molecule has 2 aromatic rings. The zero-order valence-electron chi connectivity index (χ0n) is 30.8. The SMILES string of the molecule is CC(C)(CCCCOCc1ccccc1)CN(CCCCO[Si](C)(C)C(C)(C)C)CC(C)(C)CCCCOCc1ccccc1. The van der Waals surface area contributed by atoms with Crippen LogP contribution in [-0.2, 0) is 27.1 Å². The number of rotatable bonds is 24. The van der Waals surface area contributed by atoms with Crippen molar-refractivity contribution in [3.05, 3.63) is 71.8 Å². The van der Waals surface area contributed by atoms with Crippen LogP contribution in [-0.4, -0.2) is 52.7 Å². The average Bonchev–Trinajstić information content (AvgIpc) is 2.96. The Morgan fingerprint density at radius 1 is 0.556 bits per heavy atom. The van der Waals surface area contributed by atoms with E-state index in [4.69, 9.17) is 13.9 Å². The second kappa shape index (κ2) is 20.0. The van der Waals surface area contributed by atoms with Crippen molar-refractivity contribution in [3.63, 3.8) is 0 Å². The first kappa shape index (κ1) is 39.7. The van der Waals surface area contributed by atoms with Crippen LogP contribution < -0.4 is 0 Å². The van der Waals surface area contributed by atoms with Crippen LogP contribution in [0.15, 0.2) is 60.7 Å². The molecule has 0 radical (unpaired) electrons. The zero-order chi connectivity index (χ0) is 33.2. The first-order chi connectivity index (χ1) is 21.2. The van der Waals surface area contributed by atoms with E-state index >= 15 is 0 Å². The molecule has 0 aliphatic carbocycles. The molecule has 0 unspecified atom stereocenters. The summed E-state index contributed by atoms with van der Waals surface area (Å²) >= 11 is 0. The third-order valence-electron chi connectivity index (χ3n) is 9.45. The summed E-state index contributed by atoms with van der Waals surface area (Å²) in [5.41, 5.74) is 3.06. The lowest BCUT2D eigenvalue weighted by atomic mass is 9.83. The highest BCUT2D eigenvalue weighted by Gasteiger charge is 2.36. The highest BCUT2D eigenvalue weighted by molar-refractivity contribution is 6.74. The van der Waals surface area contributed by atoms with Gasteiger partial charge in [-0.2, -0.15) is 0 Å². The minimum atomic E-state index is -1.68. The first-order valence-electron chi connectivity index (χ1n) is 17.8. The molecule has 0 atom stereocenters. The van der Waals surface area contributed by atoms with Crippen LogP contribution in [0.1, 0.15) is 111 Å². The van der Waals surface area contributed by atoms with Gasteiger partial charge in [-0.1, -0.05) is 122 Å². The quantitative estimate of drug-likeness (QED) is 0.0845. The monoisotopic (exact) mass is 640 g/mol. The summed E-state index contributed by atoms with van der Waals surface area (Å²) in [6, 6.07) is 21.0. The van der Waals surface area contributed by atoms with E-state index in [0.29, 0.717) is 13.2 Å². The molecule has 0 bridgehead atoms. The zero-order valence-corrected chi connectivity index (χ0v) is 31.8. The van der Waals surface area contributed by atoms with Crippen LogP contribution in [0.5, 0.6) is 0 Å². The van der Waals surface area contributed by atoms with Crippen molar-refractivity contribution in [1.29, 1.82) is 0 Å². The third kappa shape index (κ3) is 17.8. The summed E-state index contributed by atoms with van der Waals surface area (Å²) in [4.78, 5) is 2.77. The first-order valence-corrected chi connectivity index (χ1v) is 20.7. The van der Waals surface area contributed by atoms with E-state index in [2.05, 4.69) is 127 Å². The fourth-order valence-electron chi connectivity index (χ4n) is 5.71. The van der Waals surface area contributed by atoms with Crippen LogP contribution in [0, 0.1) is 10.8 Å². The van der Waals surface area contributed by atoms with E-state index in [1.807, 2.05) is 0 Å². The van der Waals surface area contributed by atoms with E-state index in [-0.39, 0.29) is 15.9 Å². The maximum Gasteiger partial charge on any atom is 0.191 e. The maximum atomic E-state index is 6.50. The van der Waals surface area contributed by atoms with Crippen molar-refractivity contribution in [2.75, 3.05) is 39.5 Å². The molecule has 0 N–H and O–H groups in total. The second-order valence-electron chi connectivity index (χ2n) is 16.3. The predicted octanol–water partition coefficient (Wildman–Crippen LogP) is 10.9. The fourth-order valence-corrected chi connectivity index (χ4v) is 6.80. The van der Waals surface area contributed by atoms with Gasteiger partial charge < -0.3 is 18.8 Å². The number of ether oxygens (including phenoxy) is 2. The van der Waals surface area contributed by atoms with Gasteiger partial charge in [-0.25, -0.2) is 0 Å². The highest BCUT2D eigenvalue weighted by Crippen LogP contribution is 2.36. The van der Waals surface area contributed by atoms with E-state index in [1.54, 1.807) is 0 Å². The molecule has 0 spiro atoms. The normalized spacial score (nSPS) is 13.1. The smallest absolute Gasteiger partial charge is 0.191 e. The van der Waals surface area contributed by atoms with Crippen LogP contribution >= 0.6 is 0 Å². The van der Waals surface area contributed by atoms with Crippen molar-refractivity contribution in [3.8, 4) is 0 Å². The summed E-state index contributed by atoms with van der Waals surface area (Å²) in [6.45, 7) is 29.0. The van der Waals surface area contributed by atoms with Gasteiger partial charge in [0.05, 0.1) is 13.2 Å². The van der Waals surface area contributed by atoms with E-state index in [0.717, 1.165) is 58.7 Å². The van der Waals surface area contributed by atoms with E-state index in [1.165, 1.54) is 43.2 Å². The number of nitrogens with zero attached hydrogens (tertiary/aromatic N) is 1. The summed E-state index contributed by atoms with van der Waals surface area (Å²) in [5, 5.41) is 0.270. The molecule has 2 aromatic carbocycles. The van der Waals surface area contributed by atoms with Gasteiger partial charge in [0.2, 0.25) is 0 Å². The van der Waals surface area contributed by atoms with Crippen LogP contribution in [0.3, 0.4) is 0 Å². The second-order valence-corrected chi connectivity index (χ2v) is 21.2. The molecule has 4 nitrogen and oxygen atoms in total. The molecule has 45 heavy (non-hydrogen) atoms. The largest absolute Gasteiger partial charge is 0.417 e. The van der Waals surface area contributed by atoms with Crippen LogP contribution in [0.2, 0.25) is 18.1 Å². The molecule has 0 saturated carbocycles. The molecule has 0 aliphatic rings. The Morgan fingerprint density at radius 2 is 0.978 bits per heavy atom. The van der Waals surface area contributed by atoms with Crippen molar-refractivity contribution >= 4 is 8.32 Å². The number of hydrogen-bond acceptors (Lipinski definition) is 4. The fraction of sp³-hybridized carbons (Fsp3) is 0.700. The lowest BCUT2D eigenvalue weighted by Crippen LogP contribution is -2.42. The van der Waals surface area contributed by atoms with Crippen molar-refractivity contribution in [1.82, 2.24) is 4.90 Å². The Morgan fingerprint density at radius 3 is 1.40 bits per heavy atom. The van der Waals surface area contributed by atoms with Gasteiger partial charge >= 0.3 is 0 Å². The van der Waals surface area contributed by atoms with Crippen molar-refractivity contribution in [2.24, 2.45) is 10.8 Å². The Labute approximate surface area is 279 Å². The standard InChI is InChI=1S/C40H69NO3Si/c1-38(2,3)45(8,9)44-31-21-18-28-41(34-39(4,5)26-16-19-29-42-32-36-22-12-10-13-23-36)35-40(6,7)27-17-20-30-43-33-37-24-14-11-15-25-37/h10-15,22-25H,16-21,26-35H2,1-9H3. The van der Waals surface area contributed by atoms with Gasteiger partial charge in [0.25, 0.3) is 0 Å². The lowest BCUT2D eigenvalue weighted by Gasteiger charge is -2.38. The summed E-state index contributed by atoms with van der Waals surface area (Å²) in [5.74, 6) is 0. The molecule has 0 heterocycles. The molecular formula is C40H69NO3Si. The molecule has 0 fully saturated rings. The number of unbranched alkanes of at least 4 members (excludes halogenated alkanes) is 3. The van der Waals surface area contributed by atoms with Crippen molar-refractivity contribution in [2.45, 2.75) is 131 Å². The Bertz CT molecular complexity index is 951. The maximum absolute atomic E-state index is 6.50. The van der Waals surface area contributed by atoms with Gasteiger partial charge in [0.15, 0.2) is 8.32 Å². The molecule has 0 aliphatic heterocycles. The van der Waals surface area contributed by atoms with E-state index < -0.39 is 8.32 Å². The third-order valence-corrected chi connectivity index (χ3v) is 14.0. The Balaban J connectivity index is 1.80. The van der Waals surface area contributed by atoms with Gasteiger partial charge in [-0.05, 0) is 85.2 Å². The van der Waals surface area contributed by atoms with Crippen molar-refractivity contribution < 1.29 is 13.9 Å². The molecule has 256 valence electrons. The average molecular weight is 640 g/mol. The topological polar surface area (TPSA) is 30.9 Å². The highest BCUT2D eigenvalue weighted by atomic mass is 28.4. The van der Waals surface area contributed by atoms with Gasteiger partial charge in [-0.15, -0.1) is 0 Å². The molecule has 5 heteroatoms. The lowest BCUT2D eigenvalue weighted by molar-refractivity contribution is 0.0932.